The summed E-state index contributed by atoms with van der Waals surface area (Å²) in [6.07, 6.45) is -0.215. The fraction of sp³-hybridized carbons (Fsp3) is 0.400. The largest absolute Gasteiger partial charge is 0.479 e. The Morgan fingerprint density at radius 2 is 1.64 bits per heavy atom. The highest BCUT2D eigenvalue weighted by Gasteiger charge is 2.35. The number of amides is 2. The molecule has 1 unspecified atom stereocenters. The van der Waals surface area contributed by atoms with Crippen LogP contribution in [0.3, 0.4) is 0 Å². The van der Waals surface area contributed by atoms with Crippen molar-refractivity contribution in [1.29, 1.82) is 0 Å². The van der Waals surface area contributed by atoms with Gasteiger partial charge in [-0.15, -0.1) is 0 Å². The van der Waals surface area contributed by atoms with Gasteiger partial charge in [0.15, 0.2) is 5.54 Å². The molecule has 8 heteroatoms. The normalized spacial score (nSPS) is 15.0. The average Bonchev–Trinajstić information content (AvgIpc) is 3.11. The van der Waals surface area contributed by atoms with E-state index in [1.54, 1.807) is 0 Å². The molecule has 1 aliphatic carbocycles. The third-order valence-corrected chi connectivity index (χ3v) is 5.91. The van der Waals surface area contributed by atoms with Gasteiger partial charge in [-0.25, -0.2) is 9.59 Å². The molecule has 0 radical (unpaired) electrons. The van der Waals surface area contributed by atoms with E-state index in [0.717, 1.165) is 22.3 Å². The molecule has 8 nitrogen and oxygen atoms in total. The van der Waals surface area contributed by atoms with Gasteiger partial charge in [0.2, 0.25) is 5.91 Å². The lowest BCUT2D eigenvalue weighted by molar-refractivity contribution is -0.149. The van der Waals surface area contributed by atoms with E-state index < -0.39 is 29.6 Å². The fourth-order valence-electron chi connectivity index (χ4n) is 4.13. The smallest absolute Gasteiger partial charge is 0.407 e. The number of fused-ring (bicyclic) bond motifs is 3. The molecule has 176 valence electrons. The van der Waals surface area contributed by atoms with E-state index in [2.05, 4.69) is 22.8 Å². The first-order valence-corrected chi connectivity index (χ1v) is 10.9. The van der Waals surface area contributed by atoms with E-state index in [-0.39, 0.29) is 25.6 Å². The highest BCUT2D eigenvalue weighted by Crippen LogP contribution is 2.44. The van der Waals surface area contributed by atoms with Crippen LogP contribution in [0.15, 0.2) is 48.5 Å². The molecule has 2 aromatic carbocycles. The van der Waals surface area contributed by atoms with Crippen LogP contribution in [0.5, 0.6) is 0 Å². The molecule has 0 heterocycles. The highest BCUT2D eigenvalue weighted by atomic mass is 16.5. The van der Waals surface area contributed by atoms with Crippen molar-refractivity contribution in [1.82, 2.24) is 10.6 Å². The molecule has 0 saturated carbocycles. The van der Waals surface area contributed by atoms with Gasteiger partial charge >= 0.3 is 12.1 Å². The van der Waals surface area contributed by atoms with Gasteiger partial charge in [0.25, 0.3) is 0 Å². The molecule has 0 aromatic heterocycles. The van der Waals surface area contributed by atoms with Gasteiger partial charge in [-0.05, 0) is 35.6 Å². The van der Waals surface area contributed by atoms with Crippen LogP contribution in [0, 0.1) is 0 Å². The monoisotopic (exact) mass is 454 g/mol. The van der Waals surface area contributed by atoms with Crippen LogP contribution in [0.25, 0.3) is 11.1 Å². The Hall–Kier alpha value is -3.39. The zero-order chi connectivity index (χ0) is 24.0. The van der Waals surface area contributed by atoms with E-state index in [4.69, 9.17) is 9.47 Å². The van der Waals surface area contributed by atoms with Crippen molar-refractivity contribution in [3.05, 3.63) is 59.7 Å². The third kappa shape index (κ3) is 5.51. The Balaban J connectivity index is 1.58. The SMILES string of the molecule is CC[C@@H](CC(=O)NC(C)(COC)C(=O)O)NC(=O)OCC1c2ccccc2-c2ccccc21. The number of hydrogen-bond acceptors (Lipinski definition) is 5. The maximum absolute atomic E-state index is 12.5. The van der Waals surface area contributed by atoms with Crippen molar-refractivity contribution in [3.63, 3.8) is 0 Å². The van der Waals surface area contributed by atoms with Crippen LogP contribution < -0.4 is 10.6 Å². The summed E-state index contributed by atoms with van der Waals surface area (Å²) >= 11 is 0. The van der Waals surface area contributed by atoms with Gasteiger partial charge in [-0.2, -0.15) is 0 Å². The molecule has 2 atom stereocenters. The standard InChI is InChI=1S/C25H30N2O6/c1-4-16(13-22(28)27-25(2,15-32-3)23(29)30)26-24(31)33-14-21-19-11-7-5-9-17(19)18-10-6-8-12-20(18)21/h5-12,16,21H,4,13-15H2,1-3H3,(H,26,31)(H,27,28)(H,29,30)/t16-,25?/m0/s1. The van der Waals surface area contributed by atoms with Crippen molar-refractivity contribution in [3.8, 4) is 11.1 Å². The van der Waals surface area contributed by atoms with Crippen LogP contribution >= 0.6 is 0 Å². The maximum atomic E-state index is 12.5. The Morgan fingerprint density at radius 3 is 2.15 bits per heavy atom. The summed E-state index contributed by atoms with van der Waals surface area (Å²) in [5.74, 6) is -1.75. The third-order valence-electron chi connectivity index (χ3n) is 5.91. The summed E-state index contributed by atoms with van der Waals surface area (Å²) in [6.45, 7) is 3.20. The second-order valence-corrected chi connectivity index (χ2v) is 8.40. The highest BCUT2D eigenvalue weighted by molar-refractivity contribution is 5.87. The van der Waals surface area contributed by atoms with Gasteiger partial charge in [0, 0.05) is 25.5 Å². The van der Waals surface area contributed by atoms with E-state index >= 15 is 0 Å². The number of hydrogen-bond donors (Lipinski definition) is 3. The predicted octanol–water partition coefficient (Wildman–Crippen LogP) is 3.30. The number of benzene rings is 2. The minimum Gasteiger partial charge on any atom is -0.479 e. The zero-order valence-corrected chi connectivity index (χ0v) is 19.1. The van der Waals surface area contributed by atoms with Gasteiger partial charge in [0.05, 0.1) is 6.61 Å². The van der Waals surface area contributed by atoms with Gasteiger partial charge < -0.3 is 25.2 Å². The summed E-state index contributed by atoms with van der Waals surface area (Å²) in [5, 5.41) is 14.6. The molecule has 33 heavy (non-hydrogen) atoms. The average molecular weight is 455 g/mol. The molecule has 0 saturated heterocycles. The maximum Gasteiger partial charge on any atom is 0.407 e. The number of aliphatic carboxylic acids is 1. The number of carboxylic acids is 1. The van der Waals surface area contributed by atoms with Crippen LogP contribution in [0.4, 0.5) is 4.79 Å². The minimum absolute atomic E-state index is 0.0585. The van der Waals surface area contributed by atoms with Gasteiger partial charge in [-0.1, -0.05) is 55.5 Å². The summed E-state index contributed by atoms with van der Waals surface area (Å²) in [6, 6.07) is 15.6. The molecular weight excluding hydrogens is 424 g/mol. The first-order chi connectivity index (χ1) is 15.8. The molecule has 0 fully saturated rings. The number of ether oxygens (including phenoxy) is 2. The Bertz CT molecular complexity index is 978. The topological polar surface area (TPSA) is 114 Å². The second-order valence-electron chi connectivity index (χ2n) is 8.40. The summed E-state index contributed by atoms with van der Waals surface area (Å²) < 4.78 is 10.4. The lowest BCUT2D eigenvalue weighted by atomic mass is 9.98. The van der Waals surface area contributed by atoms with E-state index in [9.17, 15) is 19.5 Å². The van der Waals surface area contributed by atoms with Crippen LogP contribution in [-0.2, 0) is 19.1 Å². The van der Waals surface area contributed by atoms with Crippen molar-refractivity contribution >= 4 is 18.0 Å². The first kappa shape index (κ1) is 24.3. The molecule has 1 aliphatic rings. The van der Waals surface area contributed by atoms with Crippen LogP contribution in [0.1, 0.15) is 43.7 Å². The zero-order valence-electron chi connectivity index (χ0n) is 19.1. The number of methoxy groups -OCH3 is 1. The lowest BCUT2D eigenvalue weighted by Crippen LogP contribution is -2.56. The van der Waals surface area contributed by atoms with Gasteiger partial charge in [-0.3, -0.25) is 4.79 Å². The number of carboxylic acid groups (broad SMARTS) is 1. The van der Waals surface area contributed by atoms with Crippen LogP contribution in [0.2, 0.25) is 0 Å². The van der Waals surface area contributed by atoms with Crippen molar-refractivity contribution < 1.29 is 29.0 Å². The minimum atomic E-state index is -1.55. The molecule has 3 N–H and O–H groups in total. The number of rotatable bonds is 10. The number of carbonyl (C=O) groups is 3. The number of nitrogens with one attached hydrogen (secondary N) is 2. The predicted molar refractivity (Wildman–Crippen MR) is 123 cm³/mol. The Labute approximate surface area is 193 Å². The van der Waals surface area contributed by atoms with Crippen molar-refractivity contribution in [2.75, 3.05) is 20.3 Å². The fourth-order valence-corrected chi connectivity index (χ4v) is 4.13. The Morgan fingerprint density at radius 1 is 1.06 bits per heavy atom. The van der Waals surface area contributed by atoms with Crippen molar-refractivity contribution in [2.24, 2.45) is 0 Å². The molecule has 3 rings (SSSR count). The van der Waals surface area contributed by atoms with E-state index in [0.29, 0.717) is 6.42 Å². The van der Waals surface area contributed by atoms with Crippen molar-refractivity contribution in [2.45, 2.75) is 44.2 Å². The number of alkyl carbamates (subject to hydrolysis) is 1. The van der Waals surface area contributed by atoms with E-state index in [1.165, 1.54) is 14.0 Å². The number of carbonyl (C=O) groups excluding carboxylic acids is 2. The molecule has 0 spiro atoms. The molecular formula is C25H30N2O6. The molecule has 0 bridgehead atoms. The van der Waals surface area contributed by atoms with E-state index in [1.807, 2.05) is 43.3 Å². The molecule has 0 aliphatic heterocycles. The molecule has 2 aromatic rings. The quantitative estimate of drug-likeness (QED) is 0.508. The summed E-state index contributed by atoms with van der Waals surface area (Å²) in [7, 11) is 1.36. The summed E-state index contributed by atoms with van der Waals surface area (Å²) in [5.41, 5.74) is 2.96. The second kappa shape index (κ2) is 10.5. The van der Waals surface area contributed by atoms with Gasteiger partial charge in [0.1, 0.15) is 6.61 Å². The Kier molecular flexibility index (Phi) is 7.71. The molecule has 2 amide bonds. The first-order valence-electron chi connectivity index (χ1n) is 10.9. The van der Waals surface area contributed by atoms with Crippen LogP contribution in [-0.4, -0.2) is 55.0 Å². The lowest BCUT2D eigenvalue weighted by Gasteiger charge is -2.26. The summed E-state index contributed by atoms with van der Waals surface area (Å²) in [4.78, 5) is 36.4.